The van der Waals surface area contributed by atoms with Crippen LogP contribution < -0.4 is 10.2 Å². The smallest absolute Gasteiger partial charge is 0.223 e. The number of aromatic nitrogens is 2. The highest BCUT2D eigenvalue weighted by molar-refractivity contribution is 5.79. The number of carbonyl (C=O) groups excluding carboxylic acids is 1. The Bertz CT molecular complexity index is 773. The molecule has 0 aliphatic carbocycles. The summed E-state index contributed by atoms with van der Waals surface area (Å²) < 4.78 is 19.2. The van der Waals surface area contributed by atoms with Crippen molar-refractivity contribution in [1.82, 2.24) is 15.3 Å². The number of ether oxygens (including phenoxy) is 1. The normalized spacial score (nSPS) is 21.5. The van der Waals surface area contributed by atoms with Gasteiger partial charge in [-0.3, -0.25) is 9.78 Å². The van der Waals surface area contributed by atoms with Crippen LogP contribution in [0.4, 0.5) is 10.2 Å². The molecule has 2 atom stereocenters. The van der Waals surface area contributed by atoms with Crippen molar-refractivity contribution < 1.29 is 13.9 Å². The standard InChI is InChI=1S/C21H25FN4O2/c22-17-5-3-15(4-6-17)20(18-2-1-13-28-18)25-21(27)16-7-11-26(12-8-16)19-14-23-9-10-24-19/h3-6,9-10,14,16,18,20H,1-2,7-8,11-13H2,(H,25,27)/t18-,20-/m0/s1. The number of amides is 1. The molecule has 2 fully saturated rings. The molecule has 0 saturated carbocycles. The van der Waals surface area contributed by atoms with Crippen molar-refractivity contribution in [3.8, 4) is 0 Å². The van der Waals surface area contributed by atoms with Crippen LogP contribution in [-0.4, -0.2) is 41.7 Å². The molecule has 1 amide bonds. The second-order valence-corrected chi connectivity index (χ2v) is 7.41. The summed E-state index contributed by atoms with van der Waals surface area (Å²) in [4.78, 5) is 23.6. The Morgan fingerprint density at radius 1 is 1.18 bits per heavy atom. The van der Waals surface area contributed by atoms with E-state index in [2.05, 4.69) is 20.2 Å². The summed E-state index contributed by atoms with van der Waals surface area (Å²) in [5.41, 5.74) is 0.888. The first-order valence-electron chi connectivity index (χ1n) is 9.89. The highest BCUT2D eigenvalue weighted by Crippen LogP contribution is 2.29. The van der Waals surface area contributed by atoms with E-state index in [-0.39, 0.29) is 29.8 Å². The Balaban J connectivity index is 1.40. The van der Waals surface area contributed by atoms with Crippen LogP contribution in [0, 0.1) is 11.7 Å². The van der Waals surface area contributed by atoms with Crippen molar-refractivity contribution in [2.75, 3.05) is 24.6 Å². The molecule has 7 heteroatoms. The Morgan fingerprint density at radius 3 is 2.61 bits per heavy atom. The van der Waals surface area contributed by atoms with E-state index in [1.165, 1.54) is 12.1 Å². The Morgan fingerprint density at radius 2 is 1.96 bits per heavy atom. The summed E-state index contributed by atoms with van der Waals surface area (Å²) in [6.45, 7) is 2.25. The van der Waals surface area contributed by atoms with Crippen LogP contribution in [0.3, 0.4) is 0 Å². The van der Waals surface area contributed by atoms with Crippen molar-refractivity contribution in [2.45, 2.75) is 37.8 Å². The molecule has 3 heterocycles. The maximum absolute atomic E-state index is 13.3. The maximum atomic E-state index is 13.3. The summed E-state index contributed by atoms with van der Waals surface area (Å²) >= 11 is 0. The third-order valence-electron chi connectivity index (χ3n) is 5.60. The number of hydrogen-bond acceptors (Lipinski definition) is 5. The lowest BCUT2D eigenvalue weighted by Crippen LogP contribution is -2.44. The van der Waals surface area contributed by atoms with Crippen LogP contribution >= 0.6 is 0 Å². The summed E-state index contributed by atoms with van der Waals surface area (Å²) in [6, 6.07) is 6.09. The van der Waals surface area contributed by atoms with Gasteiger partial charge in [0, 0.05) is 38.0 Å². The second kappa shape index (κ2) is 8.65. The van der Waals surface area contributed by atoms with Gasteiger partial charge in [-0.25, -0.2) is 9.37 Å². The van der Waals surface area contributed by atoms with Gasteiger partial charge < -0.3 is 15.0 Å². The number of rotatable bonds is 5. The van der Waals surface area contributed by atoms with Crippen LogP contribution in [0.5, 0.6) is 0 Å². The SMILES string of the molecule is O=C(N[C@@H](c1ccc(F)cc1)[C@@H]1CCCO1)C1CCN(c2cnccn2)CC1. The molecule has 0 unspecified atom stereocenters. The van der Waals surface area contributed by atoms with E-state index >= 15 is 0 Å². The Kier molecular flexibility index (Phi) is 5.81. The first-order chi connectivity index (χ1) is 13.7. The fourth-order valence-electron chi connectivity index (χ4n) is 4.02. The van der Waals surface area contributed by atoms with Gasteiger partial charge in [0.15, 0.2) is 0 Å². The van der Waals surface area contributed by atoms with E-state index in [0.717, 1.165) is 50.2 Å². The minimum absolute atomic E-state index is 0.0442. The number of hydrogen-bond donors (Lipinski definition) is 1. The van der Waals surface area contributed by atoms with Crippen LogP contribution in [0.15, 0.2) is 42.9 Å². The van der Waals surface area contributed by atoms with Gasteiger partial charge >= 0.3 is 0 Å². The number of carbonyl (C=O) groups is 1. The molecular formula is C21H25FN4O2. The number of anilines is 1. The third-order valence-corrected chi connectivity index (χ3v) is 5.60. The summed E-state index contributed by atoms with van der Waals surface area (Å²) in [5.74, 6) is 0.573. The lowest BCUT2D eigenvalue weighted by molar-refractivity contribution is -0.127. The molecule has 0 radical (unpaired) electrons. The number of piperidine rings is 1. The fourth-order valence-corrected chi connectivity index (χ4v) is 4.02. The molecule has 2 aliphatic heterocycles. The lowest BCUT2D eigenvalue weighted by atomic mass is 9.93. The van der Waals surface area contributed by atoms with E-state index in [1.807, 2.05) is 0 Å². The molecule has 148 valence electrons. The first-order valence-corrected chi connectivity index (χ1v) is 9.89. The predicted octanol–water partition coefficient (Wildman–Crippen LogP) is 2.87. The summed E-state index contributed by atoms with van der Waals surface area (Å²) in [6.07, 6.45) is 8.45. The predicted molar refractivity (Wildman–Crippen MR) is 103 cm³/mol. The zero-order chi connectivity index (χ0) is 19.3. The molecule has 1 aromatic carbocycles. The summed E-state index contributed by atoms with van der Waals surface area (Å²) in [5, 5.41) is 3.19. The van der Waals surface area contributed by atoms with Gasteiger partial charge in [0.25, 0.3) is 0 Å². The molecule has 4 rings (SSSR count). The van der Waals surface area contributed by atoms with Crippen LogP contribution in [0.25, 0.3) is 0 Å². The maximum Gasteiger partial charge on any atom is 0.223 e. The quantitative estimate of drug-likeness (QED) is 0.859. The average molecular weight is 384 g/mol. The Hall–Kier alpha value is -2.54. The van der Waals surface area contributed by atoms with Crippen molar-refractivity contribution in [3.05, 3.63) is 54.2 Å². The minimum atomic E-state index is -0.280. The van der Waals surface area contributed by atoms with Crippen molar-refractivity contribution >= 4 is 11.7 Å². The van der Waals surface area contributed by atoms with Crippen molar-refractivity contribution in [2.24, 2.45) is 5.92 Å². The van der Waals surface area contributed by atoms with Gasteiger partial charge in [-0.2, -0.15) is 0 Å². The van der Waals surface area contributed by atoms with Gasteiger partial charge in [0.2, 0.25) is 5.91 Å². The van der Waals surface area contributed by atoms with E-state index < -0.39 is 0 Å². The van der Waals surface area contributed by atoms with Crippen molar-refractivity contribution in [3.63, 3.8) is 0 Å². The lowest BCUT2D eigenvalue weighted by Gasteiger charge is -2.33. The second-order valence-electron chi connectivity index (χ2n) is 7.41. The molecular weight excluding hydrogens is 359 g/mol. The largest absolute Gasteiger partial charge is 0.376 e. The highest BCUT2D eigenvalue weighted by atomic mass is 19.1. The first kappa shape index (κ1) is 18.8. The van der Waals surface area contributed by atoms with Crippen LogP contribution in [0.1, 0.15) is 37.3 Å². The van der Waals surface area contributed by atoms with E-state index in [4.69, 9.17) is 4.74 Å². The monoisotopic (exact) mass is 384 g/mol. The molecule has 2 aliphatic rings. The highest BCUT2D eigenvalue weighted by Gasteiger charge is 2.32. The van der Waals surface area contributed by atoms with Gasteiger partial charge in [0.05, 0.1) is 18.3 Å². The minimum Gasteiger partial charge on any atom is -0.376 e. The molecule has 2 saturated heterocycles. The van der Waals surface area contributed by atoms with Crippen molar-refractivity contribution in [1.29, 1.82) is 0 Å². The van der Waals surface area contributed by atoms with Crippen LogP contribution in [-0.2, 0) is 9.53 Å². The molecule has 0 bridgehead atoms. The average Bonchev–Trinajstić information content (AvgIpc) is 3.28. The molecule has 1 aromatic heterocycles. The fraction of sp³-hybridized carbons (Fsp3) is 0.476. The van der Waals surface area contributed by atoms with E-state index in [0.29, 0.717) is 6.61 Å². The topological polar surface area (TPSA) is 67.3 Å². The number of nitrogens with one attached hydrogen (secondary N) is 1. The van der Waals surface area contributed by atoms with Gasteiger partial charge in [-0.05, 0) is 43.4 Å². The summed E-state index contributed by atoms with van der Waals surface area (Å²) in [7, 11) is 0. The molecule has 28 heavy (non-hydrogen) atoms. The number of halogens is 1. The van der Waals surface area contributed by atoms with Gasteiger partial charge in [0.1, 0.15) is 11.6 Å². The van der Waals surface area contributed by atoms with E-state index in [9.17, 15) is 9.18 Å². The molecule has 0 spiro atoms. The van der Waals surface area contributed by atoms with E-state index in [1.54, 1.807) is 30.7 Å². The Labute approximate surface area is 164 Å². The molecule has 1 N–H and O–H groups in total. The van der Waals surface area contributed by atoms with Crippen LogP contribution in [0.2, 0.25) is 0 Å². The number of nitrogens with zero attached hydrogens (tertiary/aromatic N) is 3. The number of benzene rings is 1. The van der Waals surface area contributed by atoms with Gasteiger partial charge in [-0.1, -0.05) is 12.1 Å². The molecule has 2 aromatic rings. The zero-order valence-corrected chi connectivity index (χ0v) is 15.8. The third kappa shape index (κ3) is 4.30. The zero-order valence-electron chi connectivity index (χ0n) is 15.8. The molecule has 6 nitrogen and oxygen atoms in total. The van der Waals surface area contributed by atoms with Gasteiger partial charge in [-0.15, -0.1) is 0 Å².